The third-order valence-electron chi connectivity index (χ3n) is 3.73. The highest BCUT2D eigenvalue weighted by Crippen LogP contribution is 2.40. The van der Waals surface area contributed by atoms with E-state index in [1.54, 1.807) is 10.6 Å². The molecule has 0 amide bonds. The first-order valence-electron chi connectivity index (χ1n) is 6.62. The fourth-order valence-corrected chi connectivity index (χ4v) is 5.25. The zero-order valence-corrected chi connectivity index (χ0v) is 12.8. The maximum absolute atomic E-state index is 5.48. The molecule has 1 aromatic heterocycles. The van der Waals surface area contributed by atoms with Crippen molar-refractivity contribution >= 4 is 39.5 Å². The molecule has 0 unspecified atom stereocenters. The Bertz CT molecular complexity index is 444. The van der Waals surface area contributed by atoms with Crippen LogP contribution in [0.2, 0.25) is 0 Å². The molecule has 0 aromatic carbocycles. The van der Waals surface area contributed by atoms with Gasteiger partial charge in [0.2, 0.25) is 0 Å². The van der Waals surface area contributed by atoms with Gasteiger partial charge in [-0.15, -0.1) is 23.1 Å². The maximum atomic E-state index is 5.48. The van der Waals surface area contributed by atoms with Crippen LogP contribution < -0.4 is 4.90 Å². The van der Waals surface area contributed by atoms with Gasteiger partial charge in [0.1, 0.15) is 5.70 Å². The SMILES string of the molecule is S=C1C=C([NH+]2CCCCC2)C[C@@H](c2cccs2)S1. The van der Waals surface area contributed by atoms with Crippen LogP contribution in [0.1, 0.15) is 35.8 Å². The van der Waals surface area contributed by atoms with E-state index in [0.29, 0.717) is 5.25 Å². The molecule has 1 nitrogen and oxygen atoms in total. The van der Waals surface area contributed by atoms with Crippen LogP contribution in [-0.2, 0) is 0 Å². The van der Waals surface area contributed by atoms with Gasteiger partial charge in [-0.3, -0.25) is 0 Å². The third-order valence-corrected chi connectivity index (χ3v) is 6.32. The van der Waals surface area contributed by atoms with Crippen LogP contribution in [0.5, 0.6) is 0 Å². The Balaban J connectivity index is 1.76. The molecule has 4 heteroatoms. The van der Waals surface area contributed by atoms with Gasteiger partial charge in [0.15, 0.2) is 0 Å². The molecule has 2 aliphatic heterocycles. The largest absolute Gasteiger partial charge is 0.306 e. The minimum Gasteiger partial charge on any atom is -0.306 e. The number of allylic oxidation sites excluding steroid dienone is 1. The molecule has 0 spiro atoms. The number of thioether (sulfide) groups is 1. The summed E-state index contributed by atoms with van der Waals surface area (Å²) in [7, 11) is 0. The first-order valence-corrected chi connectivity index (χ1v) is 8.79. The van der Waals surface area contributed by atoms with Crippen molar-refractivity contribution in [1.29, 1.82) is 0 Å². The van der Waals surface area contributed by atoms with Crippen molar-refractivity contribution in [3.63, 3.8) is 0 Å². The van der Waals surface area contributed by atoms with E-state index in [4.69, 9.17) is 12.2 Å². The topological polar surface area (TPSA) is 4.44 Å². The number of thiophene rings is 1. The fourth-order valence-electron chi connectivity index (χ4n) is 2.80. The summed E-state index contributed by atoms with van der Waals surface area (Å²) in [4.78, 5) is 3.16. The maximum Gasteiger partial charge on any atom is 0.111 e. The van der Waals surface area contributed by atoms with Crippen LogP contribution in [0.25, 0.3) is 0 Å². The van der Waals surface area contributed by atoms with Gasteiger partial charge in [0.05, 0.1) is 22.5 Å². The molecule has 2 aliphatic rings. The van der Waals surface area contributed by atoms with Crippen molar-refractivity contribution < 1.29 is 4.90 Å². The number of likely N-dealkylation sites (tertiary alicyclic amines) is 1. The van der Waals surface area contributed by atoms with Gasteiger partial charge in [-0.05, 0) is 30.7 Å². The van der Waals surface area contributed by atoms with Crippen LogP contribution in [0.4, 0.5) is 0 Å². The first kappa shape index (κ1) is 12.9. The van der Waals surface area contributed by atoms with Crippen LogP contribution in [-0.4, -0.2) is 17.3 Å². The monoisotopic (exact) mass is 296 g/mol. The minimum absolute atomic E-state index is 0.562. The number of quaternary nitrogens is 1. The van der Waals surface area contributed by atoms with Gasteiger partial charge in [0.25, 0.3) is 0 Å². The molecular formula is C14H18NS3+. The standard InChI is InChI=1S/C14H17NS3/c16-14-10-11(15-6-2-1-3-7-15)9-13(18-14)12-5-4-8-17-12/h4-5,8,10,13H,1-3,6-7,9H2/p+1/t13-/m0/s1. The normalized spacial score (nSPS) is 26.1. The molecule has 3 heterocycles. The summed E-state index contributed by atoms with van der Waals surface area (Å²) >= 11 is 9.21. The Morgan fingerprint density at radius 3 is 2.78 bits per heavy atom. The lowest BCUT2D eigenvalue weighted by Crippen LogP contribution is -3.11. The number of nitrogens with one attached hydrogen (secondary N) is 1. The van der Waals surface area contributed by atoms with Crippen LogP contribution in [0, 0.1) is 0 Å². The Hall–Kier alpha value is -0.160. The summed E-state index contributed by atoms with van der Waals surface area (Å²) in [6.07, 6.45) is 7.60. The second-order valence-electron chi connectivity index (χ2n) is 4.98. The van der Waals surface area contributed by atoms with Crippen LogP contribution in [0.15, 0.2) is 29.3 Å². The molecule has 96 valence electrons. The summed E-state index contributed by atoms with van der Waals surface area (Å²) in [5, 5.41) is 2.73. The van der Waals surface area contributed by atoms with Gasteiger partial charge < -0.3 is 4.90 Å². The predicted octanol–water partition coefficient (Wildman–Crippen LogP) is 3.21. The van der Waals surface area contributed by atoms with Crippen LogP contribution >= 0.6 is 35.3 Å². The molecule has 0 radical (unpaired) electrons. The van der Waals surface area contributed by atoms with Crippen molar-refractivity contribution in [2.75, 3.05) is 13.1 Å². The molecule has 1 aromatic rings. The van der Waals surface area contributed by atoms with Crippen molar-refractivity contribution in [2.24, 2.45) is 0 Å². The van der Waals surface area contributed by atoms with Gasteiger partial charge in [-0.1, -0.05) is 18.3 Å². The summed E-state index contributed by atoms with van der Waals surface area (Å²) < 4.78 is 1.08. The summed E-state index contributed by atoms with van der Waals surface area (Å²) in [5.41, 5.74) is 1.55. The number of hydrogen-bond acceptors (Lipinski definition) is 3. The second kappa shape index (κ2) is 5.87. The third kappa shape index (κ3) is 2.87. The lowest BCUT2D eigenvalue weighted by Gasteiger charge is -2.29. The van der Waals surface area contributed by atoms with E-state index in [1.165, 1.54) is 43.6 Å². The average Bonchev–Trinajstić information content (AvgIpc) is 2.93. The van der Waals surface area contributed by atoms with Crippen molar-refractivity contribution in [1.82, 2.24) is 0 Å². The summed E-state index contributed by atoms with van der Waals surface area (Å²) in [6.45, 7) is 2.60. The van der Waals surface area contributed by atoms with E-state index < -0.39 is 0 Å². The molecule has 1 fully saturated rings. The van der Waals surface area contributed by atoms with E-state index in [-0.39, 0.29) is 0 Å². The van der Waals surface area contributed by atoms with E-state index in [0.717, 1.165) is 4.20 Å². The summed E-state index contributed by atoms with van der Waals surface area (Å²) in [6, 6.07) is 4.40. The Morgan fingerprint density at radius 1 is 1.22 bits per heavy atom. The zero-order valence-electron chi connectivity index (χ0n) is 10.4. The summed E-state index contributed by atoms with van der Waals surface area (Å²) in [5.74, 6) is 0. The van der Waals surface area contributed by atoms with E-state index in [9.17, 15) is 0 Å². The number of hydrogen-bond donors (Lipinski definition) is 1. The van der Waals surface area contributed by atoms with Gasteiger partial charge in [-0.2, -0.15) is 0 Å². The number of rotatable bonds is 2. The molecule has 1 atom stereocenters. The highest BCUT2D eigenvalue weighted by molar-refractivity contribution is 8.23. The molecular weight excluding hydrogens is 278 g/mol. The second-order valence-corrected chi connectivity index (χ2v) is 7.90. The van der Waals surface area contributed by atoms with Crippen molar-refractivity contribution in [2.45, 2.75) is 30.9 Å². The highest BCUT2D eigenvalue weighted by atomic mass is 32.2. The van der Waals surface area contributed by atoms with Gasteiger partial charge in [-0.25, -0.2) is 0 Å². The molecule has 18 heavy (non-hydrogen) atoms. The van der Waals surface area contributed by atoms with Crippen molar-refractivity contribution in [3.8, 4) is 0 Å². The molecule has 1 N–H and O–H groups in total. The van der Waals surface area contributed by atoms with Gasteiger partial charge in [0, 0.05) is 17.4 Å². The molecule has 3 rings (SSSR count). The van der Waals surface area contributed by atoms with Crippen molar-refractivity contribution in [3.05, 3.63) is 34.2 Å². The predicted molar refractivity (Wildman–Crippen MR) is 84.5 cm³/mol. The minimum atomic E-state index is 0.562. The quantitative estimate of drug-likeness (QED) is 0.836. The smallest absolute Gasteiger partial charge is 0.111 e. The van der Waals surface area contributed by atoms with Crippen LogP contribution in [0.3, 0.4) is 0 Å². The van der Waals surface area contributed by atoms with E-state index >= 15 is 0 Å². The molecule has 1 saturated heterocycles. The molecule has 0 saturated carbocycles. The number of thiocarbonyl (C=S) groups is 1. The lowest BCUT2D eigenvalue weighted by atomic mass is 10.1. The number of piperidine rings is 1. The molecule has 0 aliphatic carbocycles. The Morgan fingerprint density at radius 2 is 2.06 bits per heavy atom. The average molecular weight is 297 g/mol. The zero-order chi connectivity index (χ0) is 12.4. The van der Waals surface area contributed by atoms with E-state index in [1.807, 2.05) is 23.1 Å². The lowest BCUT2D eigenvalue weighted by molar-refractivity contribution is -0.867. The molecule has 0 bridgehead atoms. The first-order chi connectivity index (χ1) is 8.83. The highest BCUT2D eigenvalue weighted by Gasteiger charge is 2.28. The Labute approximate surface area is 122 Å². The van der Waals surface area contributed by atoms with E-state index in [2.05, 4.69) is 23.6 Å². The Kier molecular flexibility index (Phi) is 4.19. The fraction of sp³-hybridized carbons (Fsp3) is 0.500. The van der Waals surface area contributed by atoms with Gasteiger partial charge >= 0.3 is 0 Å².